The molecule has 1 aromatic heterocycles. The van der Waals surface area contributed by atoms with E-state index in [0.717, 1.165) is 34.6 Å². The van der Waals surface area contributed by atoms with Crippen molar-refractivity contribution < 1.29 is 9.84 Å². The summed E-state index contributed by atoms with van der Waals surface area (Å²) in [6.45, 7) is 4.82. The average Bonchev–Trinajstić information content (AvgIpc) is 2.92. The summed E-state index contributed by atoms with van der Waals surface area (Å²) >= 11 is 0. The van der Waals surface area contributed by atoms with E-state index < -0.39 is 6.10 Å². The zero-order chi connectivity index (χ0) is 16.2. The largest absolute Gasteiger partial charge is 0.491 e. The Morgan fingerprint density at radius 2 is 1.87 bits per heavy atom. The summed E-state index contributed by atoms with van der Waals surface area (Å²) < 4.78 is 7.83. The van der Waals surface area contributed by atoms with Gasteiger partial charge in [0.15, 0.2) is 0 Å². The van der Waals surface area contributed by atoms with Gasteiger partial charge in [0.1, 0.15) is 24.3 Å². The highest BCUT2D eigenvalue weighted by Crippen LogP contribution is 2.19. The number of aliphatic hydroxyl groups excluding tert-OH is 1. The highest BCUT2D eigenvalue weighted by atomic mass is 16.5. The van der Waals surface area contributed by atoms with Crippen LogP contribution in [-0.4, -0.2) is 27.4 Å². The van der Waals surface area contributed by atoms with E-state index >= 15 is 0 Å². The summed E-state index contributed by atoms with van der Waals surface area (Å²) in [7, 11) is 0. The van der Waals surface area contributed by atoms with Crippen molar-refractivity contribution >= 4 is 11.0 Å². The molecule has 0 aliphatic heterocycles. The van der Waals surface area contributed by atoms with Crippen molar-refractivity contribution in [1.29, 1.82) is 0 Å². The van der Waals surface area contributed by atoms with Gasteiger partial charge in [-0.3, -0.25) is 0 Å². The first-order valence-corrected chi connectivity index (χ1v) is 7.99. The van der Waals surface area contributed by atoms with Crippen LogP contribution in [0.4, 0.5) is 0 Å². The predicted molar refractivity (Wildman–Crippen MR) is 91.8 cm³/mol. The first kappa shape index (κ1) is 15.6. The molecule has 0 bridgehead atoms. The second-order valence-corrected chi connectivity index (χ2v) is 5.71. The maximum Gasteiger partial charge on any atom is 0.122 e. The molecule has 2 aromatic carbocycles. The van der Waals surface area contributed by atoms with Crippen molar-refractivity contribution in [3.63, 3.8) is 0 Å². The predicted octanol–water partition coefficient (Wildman–Crippen LogP) is 3.35. The number of rotatable bonds is 6. The van der Waals surface area contributed by atoms with Crippen LogP contribution in [0.3, 0.4) is 0 Å². The van der Waals surface area contributed by atoms with E-state index in [1.807, 2.05) is 55.5 Å². The maximum atomic E-state index is 10.4. The third-order valence-electron chi connectivity index (χ3n) is 3.97. The lowest BCUT2D eigenvalue weighted by Gasteiger charge is -2.16. The molecule has 0 amide bonds. The average molecular weight is 310 g/mol. The van der Waals surface area contributed by atoms with Crippen molar-refractivity contribution in [2.45, 2.75) is 32.9 Å². The number of nitrogens with zero attached hydrogens (tertiary/aromatic N) is 2. The van der Waals surface area contributed by atoms with Gasteiger partial charge in [-0.05, 0) is 30.7 Å². The van der Waals surface area contributed by atoms with Gasteiger partial charge in [0.05, 0.1) is 17.6 Å². The van der Waals surface area contributed by atoms with Gasteiger partial charge in [-0.1, -0.05) is 37.3 Å². The minimum Gasteiger partial charge on any atom is -0.491 e. The van der Waals surface area contributed by atoms with Crippen LogP contribution in [0.2, 0.25) is 0 Å². The van der Waals surface area contributed by atoms with Crippen molar-refractivity contribution in [1.82, 2.24) is 9.55 Å². The SMILES string of the molecule is CCc1nc2ccccc2n1C[C@@H](O)COc1ccccc1C. The Labute approximate surface area is 136 Å². The molecule has 23 heavy (non-hydrogen) atoms. The fraction of sp³-hybridized carbons (Fsp3) is 0.316. The smallest absolute Gasteiger partial charge is 0.122 e. The molecule has 0 unspecified atom stereocenters. The van der Waals surface area contributed by atoms with E-state index in [2.05, 4.69) is 16.5 Å². The molecule has 0 spiro atoms. The summed E-state index contributed by atoms with van der Waals surface area (Å²) in [5.41, 5.74) is 3.10. The molecular formula is C19H22N2O2. The standard InChI is InChI=1S/C19H22N2O2/c1-3-19-20-16-9-5-6-10-17(16)21(19)12-15(22)13-23-18-11-7-4-8-14(18)2/h4-11,15,22H,3,12-13H2,1-2H3/t15-/m1/s1. The normalized spacial score (nSPS) is 12.5. The van der Waals surface area contributed by atoms with E-state index in [9.17, 15) is 5.11 Å². The van der Waals surface area contributed by atoms with Gasteiger partial charge in [-0.25, -0.2) is 4.98 Å². The minimum absolute atomic E-state index is 0.264. The van der Waals surface area contributed by atoms with Gasteiger partial charge in [0.25, 0.3) is 0 Å². The highest BCUT2D eigenvalue weighted by molar-refractivity contribution is 5.75. The molecular weight excluding hydrogens is 288 g/mol. The maximum absolute atomic E-state index is 10.4. The topological polar surface area (TPSA) is 47.3 Å². The van der Waals surface area contributed by atoms with Gasteiger partial charge in [0.2, 0.25) is 0 Å². The Kier molecular flexibility index (Phi) is 4.63. The third-order valence-corrected chi connectivity index (χ3v) is 3.97. The van der Waals surface area contributed by atoms with Crippen LogP contribution in [0.5, 0.6) is 5.75 Å². The molecule has 1 heterocycles. The number of aryl methyl sites for hydroxylation is 2. The zero-order valence-electron chi connectivity index (χ0n) is 13.6. The van der Waals surface area contributed by atoms with Crippen molar-refractivity contribution in [3.8, 4) is 5.75 Å². The van der Waals surface area contributed by atoms with Gasteiger partial charge < -0.3 is 14.4 Å². The molecule has 0 saturated carbocycles. The number of benzene rings is 2. The Balaban J connectivity index is 1.73. The van der Waals surface area contributed by atoms with Gasteiger partial charge in [-0.15, -0.1) is 0 Å². The van der Waals surface area contributed by atoms with E-state index in [0.29, 0.717) is 6.54 Å². The number of fused-ring (bicyclic) bond motifs is 1. The lowest BCUT2D eigenvalue weighted by molar-refractivity contribution is 0.0924. The Hall–Kier alpha value is -2.33. The summed E-state index contributed by atoms with van der Waals surface area (Å²) in [6.07, 6.45) is 0.248. The zero-order valence-corrected chi connectivity index (χ0v) is 13.6. The van der Waals surface area contributed by atoms with E-state index in [1.165, 1.54) is 0 Å². The highest BCUT2D eigenvalue weighted by Gasteiger charge is 2.14. The lowest BCUT2D eigenvalue weighted by atomic mass is 10.2. The lowest BCUT2D eigenvalue weighted by Crippen LogP contribution is -2.24. The number of ether oxygens (including phenoxy) is 1. The minimum atomic E-state index is -0.586. The van der Waals surface area contributed by atoms with Gasteiger partial charge in [-0.2, -0.15) is 0 Å². The number of hydrogen-bond acceptors (Lipinski definition) is 3. The monoisotopic (exact) mass is 310 g/mol. The van der Waals surface area contributed by atoms with Crippen LogP contribution >= 0.6 is 0 Å². The fourth-order valence-corrected chi connectivity index (χ4v) is 2.77. The van der Waals surface area contributed by atoms with Gasteiger partial charge >= 0.3 is 0 Å². The molecule has 0 aliphatic carbocycles. The van der Waals surface area contributed by atoms with Gasteiger partial charge in [0, 0.05) is 6.42 Å². The first-order valence-electron chi connectivity index (χ1n) is 7.99. The molecule has 3 aromatic rings. The van der Waals surface area contributed by atoms with E-state index in [1.54, 1.807) is 0 Å². The summed E-state index contributed by atoms with van der Waals surface area (Å²) in [4.78, 5) is 4.63. The van der Waals surface area contributed by atoms with Crippen LogP contribution in [0, 0.1) is 6.92 Å². The van der Waals surface area contributed by atoms with Crippen LogP contribution in [0.25, 0.3) is 11.0 Å². The van der Waals surface area contributed by atoms with Crippen LogP contribution in [-0.2, 0) is 13.0 Å². The Bertz CT molecular complexity index is 795. The van der Waals surface area contributed by atoms with Crippen molar-refractivity contribution in [2.75, 3.05) is 6.61 Å². The quantitative estimate of drug-likeness (QED) is 0.759. The van der Waals surface area contributed by atoms with Crippen LogP contribution in [0.1, 0.15) is 18.3 Å². The van der Waals surface area contributed by atoms with Crippen molar-refractivity contribution in [2.24, 2.45) is 0 Å². The van der Waals surface area contributed by atoms with E-state index in [4.69, 9.17) is 4.74 Å². The number of hydrogen-bond donors (Lipinski definition) is 1. The molecule has 0 saturated heterocycles. The van der Waals surface area contributed by atoms with Crippen molar-refractivity contribution in [3.05, 3.63) is 59.9 Å². The Morgan fingerprint density at radius 1 is 1.13 bits per heavy atom. The van der Waals surface area contributed by atoms with Crippen LogP contribution in [0.15, 0.2) is 48.5 Å². The Morgan fingerprint density at radius 3 is 2.65 bits per heavy atom. The number of imidazole rings is 1. The van der Waals surface area contributed by atoms with E-state index in [-0.39, 0.29) is 6.61 Å². The second-order valence-electron chi connectivity index (χ2n) is 5.71. The fourth-order valence-electron chi connectivity index (χ4n) is 2.77. The number of aliphatic hydroxyl groups is 1. The molecule has 1 atom stereocenters. The molecule has 4 heteroatoms. The second kappa shape index (κ2) is 6.84. The molecule has 120 valence electrons. The molecule has 4 nitrogen and oxygen atoms in total. The molecule has 3 rings (SSSR count). The molecule has 1 N–H and O–H groups in total. The molecule has 0 fully saturated rings. The molecule has 0 aliphatic rings. The summed E-state index contributed by atoms with van der Waals surface area (Å²) in [5, 5.41) is 10.4. The summed E-state index contributed by atoms with van der Waals surface area (Å²) in [6, 6.07) is 15.9. The summed E-state index contributed by atoms with van der Waals surface area (Å²) in [5.74, 6) is 1.80. The first-order chi connectivity index (χ1) is 11.2. The third kappa shape index (κ3) is 3.37. The number of aromatic nitrogens is 2. The number of para-hydroxylation sites is 3. The molecule has 0 radical (unpaired) electrons. The van der Waals surface area contributed by atoms with Crippen LogP contribution < -0.4 is 4.74 Å².